The van der Waals surface area contributed by atoms with Crippen LogP contribution in [0.2, 0.25) is 0 Å². The molecule has 0 aromatic heterocycles. The van der Waals surface area contributed by atoms with Crippen LogP contribution >= 0.6 is 0 Å². The molecule has 5 aliphatic carbocycles. The highest BCUT2D eigenvalue weighted by atomic mass is 15.1. The highest BCUT2D eigenvalue weighted by Gasteiger charge is 2.46. The van der Waals surface area contributed by atoms with E-state index in [1.54, 1.807) is 0 Å². The lowest BCUT2D eigenvalue weighted by atomic mass is 9.66. The topological polar surface area (TPSA) is 3.24 Å². The quantitative estimate of drug-likeness (QED) is 0.129. The molecule has 0 amide bonds. The summed E-state index contributed by atoms with van der Waals surface area (Å²) in [5.41, 5.74) is 24.3. The molecule has 70 heavy (non-hydrogen) atoms. The Balaban J connectivity index is 0.000000189. The van der Waals surface area contributed by atoms with Gasteiger partial charge >= 0.3 is 0 Å². The fourth-order valence-corrected chi connectivity index (χ4v) is 9.57. The molecule has 3 atom stereocenters. The maximum absolute atomic E-state index is 4.22. The normalized spacial score (nSPS) is 20.6. The van der Waals surface area contributed by atoms with Crippen molar-refractivity contribution >= 4 is 11.3 Å². The fraction of sp³-hybridized carbons (Fsp3) is 0.188. The van der Waals surface area contributed by atoms with Gasteiger partial charge in [-0.3, -0.25) is 0 Å². The summed E-state index contributed by atoms with van der Waals surface area (Å²) in [5, 5.41) is 0. The zero-order chi connectivity index (χ0) is 49.7. The summed E-state index contributed by atoms with van der Waals surface area (Å²) in [6.45, 7) is 21.6. The Bertz CT molecular complexity index is 2940. The van der Waals surface area contributed by atoms with Gasteiger partial charge in [-0.1, -0.05) is 219 Å². The Morgan fingerprint density at radius 3 is 2.26 bits per heavy atom. The summed E-state index contributed by atoms with van der Waals surface area (Å²) >= 11 is 0. The van der Waals surface area contributed by atoms with Gasteiger partial charge in [0.05, 0.1) is 5.41 Å². The van der Waals surface area contributed by atoms with Crippen molar-refractivity contribution in [3.05, 3.63) is 322 Å². The second kappa shape index (κ2) is 26.2. The predicted octanol–water partition coefficient (Wildman–Crippen LogP) is 17.9. The molecular formula is C69H71N. The van der Waals surface area contributed by atoms with E-state index in [-0.39, 0.29) is 0 Å². The number of anilines is 1. The van der Waals surface area contributed by atoms with Crippen molar-refractivity contribution in [2.24, 2.45) is 11.8 Å². The lowest BCUT2D eigenvalue weighted by Gasteiger charge is -2.35. The van der Waals surface area contributed by atoms with Gasteiger partial charge in [-0.2, -0.15) is 0 Å². The van der Waals surface area contributed by atoms with Crippen LogP contribution in [0.1, 0.15) is 69.7 Å². The summed E-state index contributed by atoms with van der Waals surface area (Å²) in [6, 6.07) is 28.4. The van der Waals surface area contributed by atoms with Crippen LogP contribution < -0.4 is 4.90 Å². The Hall–Kier alpha value is -7.66. The Morgan fingerprint density at radius 2 is 1.53 bits per heavy atom. The van der Waals surface area contributed by atoms with Crippen molar-refractivity contribution in [2.75, 3.05) is 18.5 Å². The van der Waals surface area contributed by atoms with E-state index in [1.165, 1.54) is 78.1 Å². The number of benzene rings is 3. The van der Waals surface area contributed by atoms with E-state index >= 15 is 0 Å². The number of nitrogens with zero attached hydrogens (tertiary/aromatic N) is 1. The third kappa shape index (κ3) is 12.7. The predicted molar refractivity (Wildman–Crippen MR) is 307 cm³/mol. The minimum absolute atomic E-state index is 0.354. The summed E-state index contributed by atoms with van der Waals surface area (Å²) < 4.78 is 0. The molecule has 0 saturated heterocycles. The smallest absolute Gasteiger partial charge is 0.0782 e. The van der Waals surface area contributed by atoms with Gasteiger partial charge in [0.15, 0.2) is 0 Å². The molecule has 1 heteroatoms. The molecular weight excluding hydrogens is 843 g/mol. The maximum Gasteiger partial charge on any atom is 0.0782 e. The van der Waals surface area contributed by atoms with Gasteiger partial charge in [-0.25, -0.2) is 0 Å². The first-order chi connectivity index (χ1) is 34.2. The summed E-state index contributed by atoms with van der Waals surface area (Å²) in [7, 11) is 2.14. The molecule has 3 aromatic carbocycles. The fourth-order valence-electron chi connectivity index (χ4n) is 9.57. The second-order valence-corrected chi connectivity index (χ2v) is 17.9. The molecule has 3 aromatic rings. The van der Waals surface area contributed by atoms with Crippen LogP contribution in [-0.2, 0) is 5.41 Å². The Labute approximate surface area is 421 Å². The standard InChI is InChI=1S/C33H30.C23H25N.C13H16/c1-4-6-7-8-10-18-27-19-13-14-22-29(25-27)33(28-20-11-9-12-21-28)31(17-5-2)26(3)30-23-15-16-24-32(30)33;1-18-12-14-21(15-13-18)24(3)17-16-20-9-5-7-11-23(20)22-10-6-4-8-19(22)2;1-4-8-13-11(3)9-6-7-10-12(13)5-2/h4-5,7-17,19-21,23-25H,18H2,1-3H3;4-16,22-23H,2,17H2,1,3H3;4-8,10H,2,9H2,1,3H3/b10-8-,17-5-;20-16-;8-4-. The number of hydrogen-bond acceptors (Lipinski definition) is 1. The van der Waals surface area contributed by atoms with Crippen molar-refractivity contribution < 1.29 is 0 Å². The lowest BCUT2D eigenvalue weighted by molar-refractivity contribution is 0.623. The Morgan fingerprint density at radius 1 is 0.800 bits per heavy atom. The molecule has 0 saturated carbocycles. The number of fused-ring (bicyclic) bond motifs is 1. The number of likely N-dealkylation sites (N-methyl/N-ethyl adjacent to an activating group) is 1. The summed E-state index contributed by atoms with van der Waals surface area (Å²) in [4.78, 5) is 2.28. The van der Waals surface area contributed by atoms with Crippen molar-refractivity contribution in [3.8, 4) is 0 Å². The van der Waals surface area contributed by atoms with Crippen molar-refractivity contribution in [1.82, 2.24) is 0 Å². The monoisotopic (exact) mass is 914 g/mol. The molecule has 0 fully saturated rings. The van der Waals surface area contributed by atoms with E-state index < -0.39 is 5.41 Å². The van der Waals surface area contributed by atoms with Crippen molar-refractivity contribution in [3.63, 3.8) is 0 Å². The zero-order valence-electron chi connectivity index (χ0n) is 42.6. The van der Waals surface area contributed by atoms with Crippen LogP contribution in [-0.4, -0.2) is 13.6 Å². The van der Waals surface area contributed by atoms with Crippen LogP contribution in [0.5, 0.6) is 0 Å². The Kier molecular flexibility index (Phi) is 19.4. The number of aryl methyl sites for hydroxylation is 1. The van der Waals surface area contributed by atoms with Gasteiger partial charge in [0, 0.05) is 36.7 Å². The summed E-state index contributed by atoms with van der Waals surface area (Å²) in [6.07, 6.45) is 55.3. The van der Waals surface area contributed by atoms with Gasteiger partial charge in [0.2, 0.25) is 0 Å². The van der Waals surface area contributed by atoms with E-state index in [9.17, 15) is 0 Å². The molecule has 5 aliphatic rings. The van der Waals surface area contributed by atoms with E-state index in [4.69, 9.17) is 0 Å². The van der Waals surface area contributed by atoms with E-state index in [1.807, 2.05) is 32.1 Å². The van der Waals surface area contributed by atoms with Gasteiger partial charge in [-0.05, 0) is 147 Å². The molecule has 0 N–H and O–H groups in total. The minimum Gasteiger partial charge on any atom is -0.371 e. The molecule has 1 nitrogen and oxygen atoms in total. The van der Waals surface area contributed by atoms with E-state index in [0.717, 1.165) is 19.4 Å². The first kappa shape index (κ1) is 51.7. The number of rotatable bonds is 12. The summed E-state index contributed by atoms with van der Waals surface area (Å²) in [5.74, 6) is 0.724. The molecule has 0 heterocycles. The van der Waals surface area contributed by atoms with E-state index in [0.29, 0.717) is 11.8 Å². The molecule has 0 spiro atoms. The van der Waals surface area contributed by atoms with Crippen LogP contribution in [0.25, 0.3) is 5.57 Å². The average molecular weight is 914 g/mol. The first-order valence-electron chi connectivity index (χ1n) is 24.7. The minimum atomic E-state index is -0.406. The maximum atomic E-state index is 4.22. The SMILES string of the molecule is C=C1C=CC=CC1C1C=CC=C/C1=C/CN(C)c1ccc(C)cc1.C=CC1=CC=CCC(C)=C1/C=C\C.CC=C=C/C=C\CC1=CC(C2(c3ccccc3)C(/C=C\C)=C(C)c3ccccc32)=C=CC=C1. The van der Waals surface area contributed by atoms with Crippen LogP contribution in [0.3, 0.4) is 0 Å². The van der Waals surface area contributed by atoms with Gasteiger partial charge in [0.25, 0.3) is 0 Å². The molecule has 0 radical (unpaired) electrons. The average Bonchev–Trinajstić information content (AvgIpc) is 3.57. The van der Waals surface area contributed by atoms with Crippen LogP contribution in [0, 0.1) is 18.8 Å². The molecule has 3 unspecified atom stereocenters. The van der Waals surface area contributed by atoms with Crippen LogP contribution in [0.4, 0.5) is 5.69 Å². The zero-order valence-corrected chi connectivity index (χ0v) is 42.6. The highest BCUT2D eigenvalue weighted by molar-refractivity contribution is 5.87. The molecule has 8 rings (SSSR count). The molecule has 352 valence electrons. The third-order valence-corrected chi connectivity index (χ3v) is 13.2. The van der Waals surface area contributed by atoms with Crippen molar-refractivity contribution in [1.29, 1.82) is 0 Å². The molecule has 0 aliphatic heterocycles. The third-order valence-electron chi connectivity index (χ3n) is 13.2. The van der Waals surface area contributed by atoms with Gasteiger partial charge in [-0.15, -0.1) is 11.5 Å². The van der Waals surface area contributed by atoms with Crippen molar-refractivity contribution in [2.45, 2.75) is 59.8 Å². The second-order valence-electron chi connectivity index (χ2n) is 17.9. The van der Waals surface area contributed by atoms with Gasteiger partial charge in [0.1, 0.15) is 0 Å². The number of allylic oxidation sites excluding steroid dienone is 31. The highest BCUT2D eigenvalue weighted by Crippen LogP contribution is 2.55. The first-order valence-corrected chi connectivity index (χ1v) is 24.7. The van der Waals surface area contributed by atoms with E-state index in [2.05, 4.69) is 277 Å². The molecule has 0 bridgehead atoms. The number of hydrogen-bond donors (Lipinski definition) is 0. The lowest BCUT2D eigenvalue weighted by Crippen LogP contribution is -2.29. The van der Waals surface area contributed by atoms with Crippen LogP contribution in [0.15, 0.2) is 300 Å². The largest absolute Gasteiger partial charge is 0.371 e. The van der Waals surface area contributed by atoms with Gasteiger partial charge < -0.3 is 4.90 Å².